The van der Waals surface area contributed by atoms with Crippen LogP contribution in [0.5, 0.6) is 5.75 Å². The van der Waals surface area contributed by atoms with Crippen molar-refractivity contribution in [2.24, 2.45) is 0 Å². The van der Waals surface area contributed by atoms with Crippen molar-refractivity contribution >= 4 is 32.6 Å². The lowest BCUT2D eigenvalue weighted by Gasteiger charge is -2.11. The molecule has 1 amide bonds. The lowest BCUT2D eigenvalue weighted by atomic mass is 10.1. The van der Waals surface area contributed by atoms with Crippen molar-refractivity contribution in [1.82, 2.24) is 4.72 Å². The summed E-state index contributed by atoms with van der Waals surface area (Å²) in [7, 11) is -2.32. The summed E-state index contributed by atoms with van der Waals surface area (Å²) < 4.78 is 38.5. The molecule has 0 aliphatic heterocycles. The van der Waals surface area contributed by atoms with Crippen LogP contribution in [0.2, 0.25) is 0 Å². The molecule has 2 N–H and O–H groups in total. The first-order chi connectivity index (χ1) is 15.4. The number of furan rings is 1. The standard InChI is InChI=1S/C24H22N2O5S/c1-16-12-13-17(14-22(16)32(28,29)25-2)26-24(27)23-20(15-30-18-8-4-3-5-9-18)19-10-6-7-11-21(19)31-23/h3-14,25H,15H2,1-2H3,(H,26,27). The lowest BCUT2D eigenvalue weighted by Crippen LogP contribution is -2.20. The zero-order valence-corrected chi connectivity index (χ0v) is 18.4. The molecule has 0 saturated carbocycles. The van der Waals surface area contributed by atoms with Crippen molar-refractivity contribution in [3.05, 3.63) is 89.7 Å². The molecule has 0 saturated heterocycles. The van der Waals surface area contributed by atoms with Crippen LogP contribution in [-0.2, 0) is 16.6 Å². The lowest BCUT2D eigenvalue weighted by molar-refractivity contribution is 0.0995. The Morgan fingerprint density at radius 3 is 2.47 bits per heavy atom. The molecule has 8 heteroatoms. The average molecular weight is 451 g/mol. The van der Waals surface area contributed by atoms with Crippen LogP contribution in [0.1, 0.15) is 21.7 Å². The number of para-hydroxylation sites is 2. The summed E-state index contributed by atoms with van der Waals surface area (Å²) in [5.41, 5.74) is 2.08. The third kappa shape index (κ3) is 4.37. The first-order valence-electron chi connectivity index (χ1n) is 9.93. The summed E-state index contributed by atoms with van der Waals surface area (Å²) in [5.74, 6) is 0.287. The van der Waals surface area contributed by atoms with Gasteiger partial charge in [0.05, 0.1) is 4.90 Å². The maximum absolute atomic E-state index is 13.1. The predicted octanol–water partition coefficient (Wildman–Crippen LogP) is 4.48. The first kappa shape index (κ1) is 21.6. The Morgan fingerprint density at radius 1 is 1.00 bits per heavy atom. The summed E-state index contributed by atoms with van der Waals surface area (Å²) in [4.78, 5) is 13.2. The van der Waals surface area contributed by atoms with Gasteiger partial charge in [0.25, 0.3) is 5.91 Å². The van der Waals surface area contributed by atoms with Crippen molar-refractivity contribution in [2.45, 2.75) is 18.4 Å². The fraction of sp³-hybridized carbons (Fsp3) is 0.125. The number of benzene rings is 3. The van der Waals surface area contributed by atoms with E-state index in [1.165, 1.54) is 13.1 Å². The third-order valence-corrected chi connectivity index (χ3v) is 6.59. The second kappa shape index (κ2) is 8.86. The molecule has 4 aromatic rings. The van der Waals surface area contributed by atoms with Crippen LogP contribution >= 0.6 is 0 Å². The Morgan fingerprint density at radius 2 is 1.72 bits per heavy atom. The molecule has 1 aromatic heterocycles. The molecule has 0 aliphatic carbocycles. The van der Waals surface area contributed by atoms with Crippen LogP contribution in [0.25, 0.3) is 11.0 Å². The monoisotopic (exact) mass is 450 g/mol. The average Bonchev–Trinajstić information content (AvgIpc) is 3.18. The van der Waals surface area contributed by atoms with Gasteiger partial charge in [-0.15, -0.1) is 0 Å². The molecule has 0 bridgehead atoms. The predicted molar refractivity (Wildman–Crippen MR) is 122 cm³/mol. The Labute approximate surface area is 186 Å². The molecule has 0 aliphatic rings. The van der Waals surface area contributed by atoms with E-state index in [4.69, 9.17) is 9.15 Å². The Bertz CT molecular complexity index is 1380. The molecule has 0 atom stereocenters. The van der Waals surface area contributed by atoms with Gasteiger partial charge in [-0.1, -0.05) is 42.5 Å². The third-order valence-electron chi connectivity index (χ3n) is 5.04. The summed E-state index contributed by atoms with van der Waals surface area (Å²) in [6.45, 7) is 1.82. The topological polar surface area (TPSA) is 97.6 Å². The van der Waals surface area contributed by atoms with E-state index in [2.05, 4.69) is 10.0 Å². The summed E-state index contributed by atoms with van der Waals surface area (Å²) in [6, 6.07) is 21.3. The number of nitrogens with one attached hydrogen (secondary N) is 2. The highest BCUT2D eigenvalue weighted by molar-refractivity contribution is 7.89. The molecule has 0 spiro atoms. The molecule has 0 unspecified atom stereocenters. The minimum absolute atomic E-state index is 0.0926. The van der Waals surface area contributed by atoms with Crippen LogP contribution in [0.3, 0.4) is 0 Å². The highest BCUT2D eigenvalue weighted by Gasteiger charge is 2.22. The maximum atomic E-state index is 13.1. The van der Waals surface area contributed by atoms with Crippen molar-refractivity contribution in [3.8, 4) is 5.75 Å². The van der Waals surface area contributed by atoms with E-state index in [-0.39, 0.29) is 17.3 Å². The summed E-state index contributed by atoms with van der Waals surface area (Å²) >= 11 is 0. The molecular weight excluding hydrogens is 428 g/mol. The number of amides is 1. The van der Waals surface area contributed by atoms with Crippen molar-refractivity contribution in [1.29, 1.82) is 0 Å². The van der Waals surface area contributed by atoms with Gasteiger partial charge >= 0.3 is 0 Å². The number of aryl methyl sites for hydroxylation is 1. The SMILES string of the molecule is CNS(=O)(=O)c1cc(NC(=O)c2oc3ccccc3c2COc2ccccc2)ccc1C. The number of anilines is 1. The second-order valence-electron chi connectivity index (χ2n) is 7.15. The number of carbonyl (C=O) groups excluding carboxylic acids is 1. The molecule has 0 fully saturated rings. The van der Waals surface area contributed by atoms with Gasteiger partial charge in [0.1, 0.15) is 17.9 Å². The molecule has 1 heterocycles. The fourth-order valence-corrected chi connectivity index (χ4v) is 4.36. The van der Waals surface area contributed by atoms with Crippen LogP contribution in [0.4, 0.5) is 5.69 Å². The number of hydrogen-bond donors (Lipinski definition) is 2. The molecule has 164 valence electrons. The zero-order valence-electron chi connectivity index (χ0n) is 17.6. The zero-order chi connectivity index (χ0) is 22.7. The Kier molecular flexibility index (Phi) is 5.98. The van der Waals surface area contributed by atoms with E-state index in [0.29, 0.717) is 28.1 Å². The minimum atomic E-state index is -3.66. The van der Waals surface area contributed by atoms with Crippen molar-refractivity contribution < 1.29 is 22.4 Å². The summed E-state index contributed by atoms with van der Waals surface area (Å²) in [6.07, 6.45) is 0. The first-order valence-corrected chi connectivity index (χ1v) is 11.4. The number of fused-ring (bicyclic) bond motifs is 1. The Balaban J connectivity index is 1.66. The van der Waals surface area contributed by atoms with Crippen molar-refractivity contribution in [3.63, 3.8) is 0 Å². The van der Waals surface area contributed by atoms with Crippen LogP contribution in [-0.4, -0.2) is 21.4 Å². The van der Waals surface area contributed by atoms with Crippen molar-refractivity contribution in [2.75, 3.05) is 12.4 Å². The van der Waals surface area contributed by atoms with E-state index in [1.54, 1.807) is 25.1 Å². The molecule has 32 heavy (non-hydrogen) atoms. The van der Waals surface area contributed by atoms with Gasteiger partial charge in [-0.3, -0.25) is 4.79 Å². The second-order valence-corrected chi connectivity index (χ2v) is 9.00. The largest absolute Gasteiger partial charge is 0.489 e. The minimum Gasteiger partial charge on any atom is -0.489 e. The summed E-state index contributed by atoms with van der Waals surface area (Å²) in [5, 5.41) is 3.52. The van der Waals surface area contributed by atoms with E-state index in [9.17, 15) is 13.2 Å². The Hall–Kier alpha value is -3.62. The number of ether oxygens (including phenoxy) is 1. The van der Waals surface area contributed by atoms with Gasteiger partial charge in [-0.05, 0) is 49.9 Å². The van der Waals surface area contributed by atoms with E-state index in [0.717, 1.165) is 5.39 Å². The maximum Gasteiger partial charge on any atom is 0.291 e. The van der Waals surface area contributed by atoms with E-state index in [1.807, 2.05) is 48.5 Å². The van der Waals surface area contributed by atoms with Gasteiger partial charge in [0, 0.05) is 16.6 Å². The van der Waals surface area contributed by atoms with Crippen LogP contribution < -0.4 is 14.8 Å². The van der Waals surface area contributed by atoms with Gasteiger partial charge < -0.3 is 14.5 Å². The normalized spacial score (nSPS) is 11.4. The smallest absolute Gasteiger partial charge is 0.291 e. The highest BCUT2D eigenvalue weighted by atomic mass is 32.2. The number of carbonyl (C=O) groups is 1. The number of rotatable bonds is 7. The van der Waals surface area contributed by atoms with E-state index >= 15 is 0 Å². The molecular formula is C24H22N2O5S. The molecule has 0 radical (unpaired) electrons. The molecule has 3 aromatic carbocycles. The quantitative estimate of drug-likeness (QED) is 0.433. The molecule has 4 rings (SSSR count). The number of sulfonamides is 1. The van der Waals surface area contributed by atoms with Gasteiger partial charge in [0.15, 0.2) is 5.76 Å². The van der Waals surface area contributed by atoms with Crippen LogP contribution in [0.15, 0.2) is 82.1 Å². The fourth-order valence-electron chi connectivity index (χ4n) is 3.36. The van der Waals surface area contributed by atoms with Crippen LogP contribution in [0, 0.1) is 6.92 Å². The molecule has 7 nitrogen and oxygen atoms in total. The number of hydrogen-bond acceptors (Lipinski definition) is 5. The van der Waals surface area contributed by atoms with Gasteiger partial charge in [-0.25, -0.2) is 13.1 Å². The van der Waals surface area contributed by atoms with E-state index < -0.39 is 15.9 Å². The van der Waals surface area contributed by atoms with Gasteiger partial charge in [0.2, 0.25) is 10.0 Å². The highest BCUT2D eigenvalue weighted by Crippen LogP contribution is 2.28. The van der Waals surface area contributed by atoms with Gasteiger partial charge in [-0.2, -0.15) is 0 Å².